The highest BCUT2D eigenvalue weighted by Crippen LogP contribution is 2.24. The molecule has 0 aromatic heterocycles. The zero-order valence-corrected chi connectivity index (χ0v) is 10.1. The van der Waals surface area contributed by atoms with E-state index in [0.29, 0.717) is 18.9 Å². The molecule has 1 amide bonds. The van der Waals surface area contributed by atoms with Gasteiger partial charge in [-0.3, -0.25) is 4.79 Å². The largest absolute Gasteiger partial charge is 0.391 e. The van der Waals surface area contributed by atoms with Crippen molar-refractivity contribution in [2.75, 3.05) is 6.54 Å². The minimum absolute atomic E-state index is 0.208. The molecule has 88 valence electrons. The first-order chi connectivity index (χ1) is 7.04. The summed E-state index contributed by atoms with van der Waals surface area (Å²) in [5.41, 5.74) is 0. The lowest BCUT2D eigenvalue weighted by Gasteiger charge is -2.25. The first-order valence-corrected chi connectivity index (χ1v) is 6.02. The lowest BCUT2D eigenvalue weighted by molar-refractivity contribution is -0.132. The Hall–Kier alpha value is -0.570. The highest BCUT2D eigenvalue weighted by atomic mass is 16.3. The Labute approximate surface area is 92.5 Å². The van der Waals surface area contributed by atoms with Crippen molar-refractivity contribution in [3.63, 3.8) is 0 Å². The number of nitrogens with zero attached hydrogens (tertiary/aromatic N) is 1. The van der Waals surface area contributed by atoms with Crippen LogP contribution in [0, 0.1) is 5.92 Å². The van der Waals surface area contributed by atoms with Crippen LogP contribution in [-0.4, -0.2) is 34.6 Å². The number of likely N-dealkylation sites (tertiary alicyclic amines) is 1. The summed E-state index contributed by atoms with van der Waals surface area (Å²) < 4.78 is 0. The van der Waals surface area contributed by atoms with Crippen LogP contribution in [-0.2, 0) is 4.79 Å². The summed E-state index contributed by atoms with van der Waals surface area (Å²) in [6, 6.07) is 0.263. The van der Waals surface area contributed by atoms with Gasteiger partial charge in [0.25, 0.3) is 0 Å². The van der Waals surface area contributed by atoms with Crippen LogP contribution in [0.1, 0.15) is 46.5 Å². The minimum Gasteiger partial charge on any atom is -0.391 e. The fourth-order valence-corrected chi connectivity index (χ4v) is 2.32. The smallest absolute Gasteiger partial charge is 0.222 e. The molecule has 15 heavy (non-hydrogen) atoms. The third-order valence-corrected chi connectivity index (χ3v) is 2.92. The molecule has 0 radical (unpaired) electrons. The predicted octanol–water partition coefficient (Wildman–Crippen LogP) is 1.79. The Balaban J connectivity index is 2.56. The second kappa shape index (κ2) is 5.50. The molecule has 0 saturated carbocycles. The van der Waals surface area contributed by atoms with Crippen molar-refractivity contribution >= 4 is 5.91 Å². The second-order valence-electron chi connectivity index (χ2n) is 4.97. The average Bonchev–Trinajstić information content (AvgIpc) is 2.46. The topological polar surface area (TPSA) is 40.5 Å². The van der Waals surface area contributed by atoms with Crippen molar-refractivity contribution in [1.82, 2.24) is 4.90 Å². The third-order valence-electron chi connectivity index (χ3n) is 2.92. The zero-order chi connectivity index (χ0) is 11.4. The maximum absolute atomic E-state index is 11.8. The Morgan fingerprint density at radius 3 is 2.73 bits per heavy atom. The van der Waals surface area contributed by atoms with Gasteiger partial charge in [-0.1, -0.05) is 20.8 Å². The third kappa shape index (κ3) is 3.49. The minimum atomic E-state index is -0.311. The first kappa shape index (κ1) is 12.5. The van der Waals surface area contributed by atoms with E-state index in [1.807, 2.05) is 11.8 Å². The average molecular weight is 213 g/mol. The van der Waals surface area contributed by atoms with Crippen molar-refractivity contribution in [2.45, 2.75) is 58.6 Å². The van der Waals surface area contributed by atoms with E-state index in [1.54, 1.807) is 0 Å². The van der Waals surface area contributed by atoms with E-state index in [4.69, 9.17) is 0 Å². The summed E-state index contributed by atoms with van der Waals surface area (Å²) in [5.74, 6) is 0.789. The van der Waals surface area contributed by atoms with E-state index in [2.05, 4.69) is 13.8 Å². The van der Waals surface area contributed by atoms with E-state index < -0.39 is 0 Å². The molecular weight excluding hydrogens is 190 g/mol. The Bertz CT molecular complexity index is 216. The molecule has 0 aliphatic carbocycles. The van der Waals surface area contributed by atoms with Crippen LogP contribution in [0.3, 0.4) is 0 Å². The van der Waals surface area contributed by atoms with Crippen molar-refractivity contribution in [1.29, 1.82) is 0 Å². The predicted molar refractivity (Wildman–Crippen MR) is 60.5 cm³/mol. The fraction of sp³-hybridized carbons (Fsp3) is 0.917. The molecule has 1 aliphatic rings. The standard InChI is InChI=1S/C12H23NO2/c1-4-5-12(15)13-8-11(14)7-10(13)6-9(2)3/h9-11,14H,4-8H2,1-3H3. The van der Waals surface area contributed by atoms with Crippen LogP contribution in [0.4, 0.5) is 0 Å². The monoisotopic (exact) mass is 213 g/mol. The Kier molecular flexibility index (Phi) is 4.58. The van der Waals surface area contributed by atoms with Crippen LogP contribution >= 0.6 is 0 Å². The zero-order valence-electron chi connectivity index (χ0n) is 10.1. The summed E-state index contributed by atoms with van der Waals surface area (Å²) in [4.78, 5) is 13.7. The van der Waals surface area contributed by atoms with Gasteiger partial charge in [-0.2, -0.15) is 0 Å². The molecule has 1 N–H and O–H groups in total. The van der Waals surface area contributed by atoms with Crippen molar-refractivity contribution in [3.8, 4) is 0 Å². The molecular formula is C12H23NO2. The summed E-state index contributed by atoms with van der Waals surface area (Å²) in [6.07, 6.45) is 2.95. The van der Waals surface area contributed by atoms with Gasteiger partial charge >= 0.3 is 0 Å². The maximum atomic E-state index is 11.8. The van der Waals surface area contributed by atoms with Gasteiger partial charge in [-0.15, -0.1) is 0 Å². The van der Waals surface area contributed by atoms with Gasteiger partial charge in [0.15, 0.2) is 0 Å². The first-order valence-electron chi connectivity index (χ1n) is 6.02. The second-order valence-corrected chi connectivity index (χ2v) is 4.97. The molecule has 1 aliphatic heterocycles. The van der Waals surface area contributed by atoms with Crippen LogP contribution < -0.4 is 0 Å². The van der Waals surface area contributed by atoms with Crippen LogP contribution in [0.5, 0.6) is 0 Å². The van der Waals surface area contributed by atoms with Gasteiger partial charge in [0.1, 0.15) is 0 Å². The molecule has 1 heterocycles. The van der Waals surface area contributed by atoms with E-state index in [9.17, 15) is 9.90 Å². The highest BCUT2D eigenvalue weighted by molar-refractivity contribution is 5.76. The number of aliphatic hydroxyl groups excluding tert-OH is 1. The summed E-state index contributed by atoms with van der Waals surface area (Å²) in [5, 5.41) is 9.61. The molecule has 3 nitrogen and oxygen atoms in total. The molecule has 0 aromatic carbocycles. The number of carbonyl (C=O) groups excluding carboxylic acids is 1. The summed E-state index contributed by atoms with van der Waals surface area (Å²) in [7, 11) is 0. The quantitative estimate of drug-likeness (QED) is 0.773. The molecule has 1 saturated heterocycles. The van der Waals surface area contributed by atoms with E-state index in [1.165, 1.54) is 0 Å². The number of carbonyl (C=O) groups is 1. The van der Waals surface area contributed by atoms with Crippen molar-refractivity contribution in [3.05, 3.63) is 0 Å². The lowest BCUT2D eigenvalue weighted by atomic mass is 10.0. The van der Waals surface area contributed by atoms with Gasteiger partial charge < -0.3 is 10.0 Å². The molecule has 0 aromatic rings. The highest BCUT2D eigenvalue weighted by Gasteiger charge is 2.33. The van der Waals surface area contributed by atoms with Gasteiger partial charge in [-0.25, -0.2) is 0 Å². The Morgan fingerprint density at radius 2 is 2.20 bits per heavy atom. The van der Waals surface area contributed by atoms with Crippen LogP contribution in [0.15, 0.2) is 0 Å². The van der Waals surface area contributed by atoms with Crippen molar-refractivity contribution < 1.29 is 9.90 Å². The van der Waals surface area contributed by atoms with Crippen LogP contribution in [0.25, 0.3) is 0 Å². The van der Waals surface area contributed by atoms with E-state index >= 15 is 0 Å². The number of aliphatic hydroxyl groups is 1. The molecule has 3 heteroatoms. The normalized spacial score (nSPS) is 26.3. The van der Waals surface area contributed by atoms with Gasteiger partial charge in [0.2, 0.25) is 5.91 Å². The number of hydrogen-bond donors (Lipinski definition) is 1. The fourth-order valence-electron chi connectivity index (χ4n) is 2.32. The van der Waals surface area contributed by atoms with E-state index in [-0.39, 0.29) is 18.1 Å². The number of β-amino-alcohol motifs (C(OH)–C–C–N with tert-alkyl or cyclic N) is 1. The van der Waals surface area contributed by atoms with Gasteiger partial charge in [-0.05, 0) is 25.2 Å². The molecule has 2 unspecified atom stereocenters. The van der Waals surface area contributed by atoms with Gasteiger partial charge in [0, 0.05) is 19.0 Å². The number of hydrogen-bond acceptors (Lipinski definition) is 2. The molecule has 0 spiro atoms. The summed E-state index contributed by atoms with van der Waals surface area (Å²) >= 11 is 0. The Morgan fingerprint density at radius 1 is 1.53 bits per heavy atom. The number of amides is 1. The lowest BCUT2D eigenvalue weighted by Crippen LogP contribution is -2.36. The summed E-state index contributed by atoms with van der Waals surface area (Å²) in [6.45, 7) is 6.87. The maximum Gasteiger partial charge on any atom is 0.222 e. The SMILES string of the molecule is CCCC(=O)N1CC(O)CC1CC(C)C. The van der Waals surface area contributed by atoms with E-state index in [0.717, 1.165) is 19.3 Å². The molecule has 1 rings (SSSR count). The number of rotatable bonds is 4. The molecule has 2 atom stereocenters. The molecule has 0 bridgehead atoms. The van der Waals surface area contributed by atoms with Crippen LogP contribution in [0.2, 0.25) is 0 Å². The van der Waals surface area contributed by atoms with Gasteiger partial charge in [0.05, 0.1) is 6.10 Å². The molecule has 1 fully saturated rings. The van der Waals surface area contributed by atoms with Crippen molar-refractivity contribution in [2.24, 2.45) is 5.92 Å².